The number of carbonyl (C=O) groups is 1. The molecule has 1 aliphatic rings. The molecule has 0 atom stereocenters. The first-order chi connectivity index (χ1) is 14.1. The zero-order valence-electron chi connectivity index (χ0n) is 16.4. The Morgan fingerprint density at radius 1 is 0.931 bits per heavy atom. The van der Waals surface area contributed by atoms with Crippen molar-refractivity contribution in [1.82, 2.24) is 0 Å². The second-order valence-electron chi connectivity index (χ2n) is 6.99. The van der Waals surface area contributed by atoms with Crippen molar-refractivity contribution < 1.29 is 14.3 Å². The fourth-order valence-corrected chi connectivity index (χ4v) is 2.98. The SMILES string of the molecule is Cc1ccc(C2=NC(=Cc3ccc(OCc4ccccc4C)cc3)C(=O)O2)cc1. The molecule has 0 fully saturated rings. The van der Waals surface area contributed by atoms with Gasteiger partial charge in [-0.25, -0.2) is 9.79 Å². The average Bonchev–Trinajstić information content (AvgIpc) is 3.09. The molecule has 3 aromatic rings. The molecule has 0 amide bonds. The summed E-state index contributed by atoms with van der Waals surface area (Å²) < 4.78 is 11.2. The maximum atomic E-state index is 12.2. The fraction of sp³-hybridized carbons (Fsp3) is 0.120. The molecule has 1 aliphatic heterocycles. The molecule has 0 aromatic heterocycles. The van der Waals surface area contributed by atoms with E-state index in [4.69, 9.17) is 9.47 Å². The van der Waals surface area contributed by atoms with Crippen LogP contribution in [-0.2, 0) is 16.1 Å². The predicted octanol–water partition coefficient (Wildman–Crippen LogP) is 5.23. The number of aliphatic imine (C=N–C) groups is 1. The van der Waals surface area contributed by atoms with Gasteiger partial charge in [-0.3, -0.25) is 0 Å². The van der Waals surface area contributed by atoms with Crippen LogP contribution in [0, 0.1) is 13.8 Å². The second-order valence-corrected chi connectivity index (χ2v) is 6.99. The monoisotopic (exact) mass is 383 g/mol. The van der Waals surface area contributed by atoms with E-state index in [0.29, 0.717) is 12.5 Å². The number of aryl methyl sites for hydroxylation is 2. The van der Waals surface area contributed by atoms with Gasteiger partial charge in [-0.1, -0.05) is 54.1 Å². The molecule has 0 bridgehead atoms. The minimum absolute atomic E-state index is 0.286. The summed E-state index contributed by atoms with van der Waals surface area (Å²) in [6.45, 7) is 4.59. The minimum Gasteiger partial charge on any atom is -0.489 e. The number of ether oxygens (including phenoxy) is 2. The number of cyclic esters (lactones) is 1. The van der Waals surface area contributed by atoms with Crippen molar-refractivity contribution in [2.75, 3.05) is 0 Å². The van der Waals surface area contributed by atoms with Gasteiger partial charge in [-0.15, -0.1) is 0 Å². The zero-order valence-corrected chi connectivity index (χ0v) is 16.4. The highest BCUT2D eigenvalue weighted by atomic mass is 16.6. The number of rotatable bonds is 5. The standard InChI is InChI=1S/C25H21NO3/c1-17-7-11-20(12-8-17)24-26-23(25(27)29-24)15-19-9-13-22(14-10-19)28-16-21-6-4-3-5-18(21)2/h3-15H,16H2,1-2H3. The average molecular weight is 383 g/mol. The molecular formula is C25H21NO3. The lowest BCUT2D eigenvalue weighted by Crippen LogP contribution is -2.05. The number of benzene rings is 3. The summed E-state index contributed by atoms with van der Waals surface area (Å²) >= 11 is 0. The van der Waals surface area contributed by atoms with Crippen molar-refractivity contribution in [2.24, 2.45) is 4.99 Å². The first-order valence-electron chi connectivity index (χ1n) is 9.45. The van der Waals surface area contributed by atoms with Crippen molar-refractivity contribution in [3.05, 3.63) is 106 Å². The van der Waals surface area contributed by atoms with Crippen molar-refractivity contribution in [1.29, 1.82) is 0 Å². The largest absolute Gasteiger partial charge is 0.489 e. The summed E-state index contributed by atoms with van der Waals surface area (Å²) in [6, 6.07) is 23.4. The molecule has 4 rings (SSSR count). The Balaban J connectivity index is 1.46. The molecule has 0 saturated heterocycles. The molecule has 0 aliphatic carbocycles. The van der Waals surface area contributed by atoms with Gasteiger partial charge in [-0.2, -0.15) is 0 Å². The van der Waals surface area contributed by atoms with E-state index < -0.39 is 5.97 Å². The van der Waals surface area contributed by atoms with Gasteiger partial charge in [0.05, 0.1) is 0 Å². The minimum atomic E-state index is -0.444. The van der Waals surface area contributed by atoms with E-state index in [2.05, 4.69) is 24.0 Å². The Hall–Kier alpha value is -3.66. The molecular weight excluding hydrogens is 362 g/mol. The quantitative estimate of drug-likeness (QED) is 0.448. The van der Waals surface area contributed by atoms with Gasteiger partial charge < -0.3 is 9.47 Å². The Labute approximate surface area is 170 Å². The van der Waals surface area contributed by atoms with E-state index in [0.717, 1.165) is 28.0 Å². The summed E-state index contributed by atoms with van der Waals surface area (Å²) in [7, 11) is 0. The van der Waals surface area contributed by atoms with Crippen LogP contribution in [0.1, 0.15) is 27.8 Å². The summed E-state index contributed by atoms with van der Waals surface area (Å²) in [5.74, 6) is 0.660. The molecule has 1 heterocycles. The first kappa shape index (κ1) is 18.7. The van der Waals surface area contributed by atoms with Crippen molar-refractivity contribution in [3.63, 3.8) is 0 Å². The van der Waals surface area contributed by atoms with Gasteiger partial charge in [-0.05, 0) is 60.9 Å². The molecule has 4 heteroatoms. The topological polar surface area (TPSA) is 47.9 Å². The van der Waals surface area contributed by atoms with Crippen LogP contribution in [0.25, 0.3) is 6.08 Å². The highest BCUT2D eigenvalue weighted by Gasteiger charge is 2.23. The molecule has 29 heavy (non-hydrogen) atoms. The van der Waals surface area contributed by atoms with E-state index in [9.17, 15) is 4.79 Å². The number of nitrogens with zero attached hydrogens (tertiary/aromatic N) is 1. The lowest BCUT2D eigenvalue weighted by atomic mass is 10.1. The van der Waals surface area contributed by atoms with Gasteiger partial charge in [0.25, 0.3) is 0 Å². The number of hydrogen-bond acceptors (Lipinski definition) is 4. The number of hydrogen-bond donors (Lipinski definition) is 0. The highest BCUT2D eigenvalue weighted by molar-refractivity contribution is 6.12. The predicted molar refractivity (Wildman–Crippen MR) is 114 cm³/mol. The van der Waals surface area contributed by atoms with Crippen LogP contribution >= 0.6 is 0 Å². The maximum absolute atomic E-state index is 12.2. The smallest absolute Gasteiger partial charge is 0.363 e. The van der Waals surface area contributed by atoms with E-state index >= 15 is 0 Å². The summed E-state index contributed by atoms with van der Waals surface area (Å²) in [5.41, 5.74) is 5.43. The number of carbonyl (C=O) groups excluding carboxylic acids is 1. The summed E-state index contributed by atoms with van der Waals surface area (Å²) in [5, 5.41) is 0. The summed E-state index contributed by atoms with van der Waals surface area (Å²) in [6.07, 6.45) is 1.72. The van der Waals surface area contributed by atoms with Crippen LogP contribution in [0.2, 0.25) is 0 Å². The van der Waals surface area contributed by atoms with Crippen LogP contribution in [0.5, 0.6) is 5.75 Å². The van der Waals surface area contributed by atoms with E-state index in [1.165, 1.54) is 5.56 Å². The van der Waals surface area contributed by atoms with Crippen LogP contribution in [0.4, 0.5) is 0 Å². The maximum Gasteiger partial charge on any atom is 0.363 e. The Morgan fingerprint density at radius 3 is 2.38 bits per heavy atom. The van der Waals surface area contributed by atoms with Crippen molar-refractivity contribution in [3.8, 4) is 5.75 Å². The Bertz CT molecular complexity index is 1090. The molecule has 0 radical (unpaired) electrons. The molecule has 144 valence electrons. The molecule has 0 spiro atoms. The zero-order chi connectivity index (χ0) is 20.2. The third kappa shape index (κ3) is 4.43. The van der Waals surface area contributed by atoms with Gasteiger partial charge in [0.2, 0.25) is 5.90 Å². The van der Waals surface area contributed by atoms with E-state index in [1.807, 2.05) is 67.6 Å². The van der Waals surface area contributed by atoms with Crippen molar-refractivity contribution in [2.45, 2.75) is 20.5 Å². The molecule has 0 unspecified atom stereocenters. The lowest BCUT2D eigenvalue weighted by molar-refractivity contribution is -0.129. The molecule has 4 nitrogen and oxygen atoms in total. The van der Waals surface area contributed by atoms with Crippen LogP contribution in [-0.4, -0.2) is 11.9 Å². The third-order valence-electron chi connectivity index (χ3n) is 4.76. The molecule has 0 saturated carbocycles. The van der Waals surface area contributed by atoms with Gasteiger partial charge in [0.1, 0.15) is 12.4 Å². The lowest BCUT2D eigenvalue weighted by Gasteiger charge is -2.08. The van der Waals surface area contributed by atoms with Crippen molar-refractivity contribution >= 4 is 17.9 Å². The fourth-order valence-electron chi connectivity index (χ4n) is 2.98. The van der Waals surface area contributed by atoms with Crippen LogP contribution < -0.4 is 4.74 Å². The molecule has 3 aromatic carbocycles. The summed E-state index contributed by atoms with van der Waals surface area (Å²) in [4.78, 5) is 16.5. The van der Waals surface area contributed by atoms with E-state index in [-0.39, 0.29) is 5.70 Å². The molecule has 0 N–H and O–H groups in total. The number of esters is 1. The van der Waals surface area contributed by atoms with Crippen LogP contribution in [0.3, 0.4) is 0 Å². The second kappa shape index (κ2) is 8.15. The Kier molecular flexibility index (Phi) is 5.25. The van der Waals surface area contributed by atoms with Gasteiger partial charge in [0.15, 0.2) is 5.70 Å². The van der Waals surface area contributed by atoms with E-state index in [1.54, 1.807) is 6.08 Å². The van der Waals surface area contributed by atoms with Crippen LogP contribution in [0.15, 0.2) is 83.5 Å². The van der Waals surface area contributed by atoms with Gasteiger partial charge >= 0.3 is 5.97 Å². The van der Waals surface area contributed by atoms with Gasteiger partial charge in [0, 0.05) is 5.56 Å². The highest BCUT2D eigenvalue weighted by Crippen LogP contribution is 2.21. The third-order valence-corrected chi connectivity index (χ3v) is 4.76. The normalized spacial score (nSPS) is 14.6. The first-order valence-corrected chi connectivity index (χ1v) is 9.45. The Morgan fingerprint density at radius 2 is 1.66 bits per heavy atom.